The highest BCUT2D eigenvalue weighted by molar-refractivity contribution is 5.91. The van der Waals surface area contributed by atoms with Crippen LogP contribution in [0.4, 0.5) is 0 Å². The van der Waals surface area contributed by atoms with Gasteiger partial charge in [0.25, 0.3) is 0 Å². The molecule has 6 heteroatoms. The first-order valence-corrected chi connectivity index (χ1v) is 6.29. The Kier molecular flexibility index (Phi) is 3.54. The first-order chi connectivity index (χ1) is 8.50. The number of hydrogen-bond donors (Lipinski definition) is 2. The van der Waals surface area contributed by atoms with E-state index in [2.05, 4.69) is 5.32 Å². The molecule has 1 aliphatic heterocycles. The van der Waals surface area contributed by atoms with Crippen molar-refractivity contribution in [3.05, 3.63) is 0 Å². The van der Waals surface area contributed by atoms with E-state index in [1.54, 1.807) is 11.9 Å². The SMILES string of the molecule is CN1CCC(NC(=O)C2CCCC2C(=O)O)C1=O. The molecule has 6 nitrogen and oxygen atoms in total. The maximum atomic E-state index is 12.0. The second kappa shape index (κ2) is 4.96. The molecule has 2 rings (SSSR count). The van der Waals surface area contributed by atoms with E-state index in [1.807, 2.05) is 0 Å². The molecule has 0 aromatic rings. The highest BCUT2D eigenvalue weighted by atomic mass is 16.4. The Morgan fingerprint density at radius 2 is 1.94 bits per heavy atom. The molecule has 2 N–H and O–H groups in total. The van der Waals surface area contributed by atoms with Crippen molar-refractivity contribution in [3.63, 3.8) is 0 Å². The summed E-state index contributed by atoms with van der Waals surface area (Å²) >= 11 is 0. The van der Waals surface area contributed by atoms with Crippen LogP contribution < -0.4 is 5.32 Å². The van der Waals surface area contributed by atoms with Crippen molar-refractivity contribution in [2.24, 2.45) is 11.8 Å². The number of rotatable bonds is 3. The first kappa shape index (κ1) is 12.9. The van der Waals surface area contributed by atoms with E-state index in [0.717, 1.165) is 6.42 Å². The van der Waals surface area contributed by atoms with Crippen LogP contribution in [-0.4, -0.2) is 47.4 Å². The van der Waals surface area contributed by atoms with Crippen LogP contribution >= 0.6 is 0 Å². The number of nitrogens with one attached hydrogen (secondary N) is 1. The molecule has 3 unspecified atom stereocenters. The van der Waals surface area contributed by atoms with Gasteiger partial charge in [0.1, 0.15) is 6.04 Å². The van der Waals surface area contributed by atoms with Gasteiger partial charge in [0.2, 0.25) is 11.8 Å². The van der Waals surface area contributed by atoms with Crippen molar-refractivity contribution in [1.29, 1.82) is 0 Å². The van der Waals surface area contributed by atoms with Crippen LogP contribution in [0.5, 0.6) is 0 Å². The number of likely N-dealkylation sites (N-methyl/N-ethyl adjacent to an activating group) is 1. The number of carbonyl (C=O) groups excluding carboxylic acids is 2. The van der Waals surface area contributed by atoms with Crippen molar-refractivity contribution >= 4 is 17.8 Å². The average molecular weight is 254 g/mol. The summed E-state index contributed by atoms with van der Waals surface area (Å²) in [6.45, 7) is 0.636. The molecule has 0 radical (unpaired) electrons. The predicted molar refractivity (Wildman–Crippen MR) is 62.7 cm³/mol. The highest BCUT2D eigenvalue weighted by Crippen LogP contribution is 2.32. The third-order valence-electron chi connectivity index (χ3n) is 3.91. The summed E-state index contributed by atoms with van der Waals surface area (Å²) in [6.07, 6.45) is 2.50. The van der Waals surface area contributed by atoms with Crippen molar-refractivity contribution < 1.29 is 19.5 Å². The molecule has 18 heavy (non-hydrogen) atoms. The molecule has 2 amide bonds. The molecule has 0 bridgehead atoms. The zero-order valence-corrected chi connectivity index (χ0v) is 10.4. The number of aliphatic carboxylic acids is 1. The summed E-state index contributed by atoms with van der Waals surface area (Å²) in [4.78, 5) is 36.3. The van der Waals surface area contributed by atoms with Gasteiger partial charge in [0, 0.05) is 13.6 Å². The van der Waals surface area contributed by atoms with Gasteiger partial charge in [-0.15, -0.1) is 0 Å². The average Bonchev–Trinajstić information content (AvgIpc) is 2.91. The van der Waals surface area contributed by atoms with E-state index < -0.39 is 23.8 Å². The molecule has 1 saturated heterocycles. The number of hydrogen-bond acceptors (Lipinski definition) is 3. The zero-order chi connectivity index (χ0) is 13.3. The minimum atomic E-state index is -0.914. The Labute approximate surface area is 105 Å². The fourth-order valence-corrected chi connectivity index (χ4v) is 2.80. The molecular formula is C12H18N2O4. The minimum Gasteiger partial charge on any atom is -0.481 e. The number of likely N-dealkylation sites (tertiary alicyclic amines) is 1. The molecule has 2 fully saturated rings. The topological polar surface area (TPSA) is 86.7 Å². The smallest absolute Gasteiger partial charge is 0.307 e. The molecule has 0 aromatic heterocycles. The van der Waals surface area contributed by atoms with Crippen LogP contribution in [-0.2, 0) is 14.4 Å². The lowest BCUT2D eigenvalue weighted by molar-refractivity contribution is -0.146. The Bertz CT molecular complexity index is 382. The Morgan fingerprint density at radius 3 is 2.50 bits per heavy atom. The summed E-state index contributed by atoms with van der Waals surface area (Å²) in [5.41, 5.74) is 0. The van der Waals surface area contributed by atoms with Crippen molar-refractivity contribution in [2.75, 3.05) is 13.6 Å². The van der Waals surface area contributed by atoms with E-state index in [-0.39, 0.29) is 11.8 Å². The van der Waals surface area contributed by atoms with Gasteiger partial charge in [-0.2, -0.15) is 0 Å². The molecule has 2 aliphatic rings. The third-order valence-corrected chi connectivity index (χ3v) is 3.91. The summed E-state index contributed by atoms with van der Waals surface area (Å²) in [5.74, 6) is -2.37. The lowest BCUT2D eigenvalue weighted by Gasteiger charge is -2.18. The maximum absolute atomic E-state index is 12.0. The van der Waals surface area contributed by atoms with Crippen LogP contribution in [0.15, 0.2) is 0 Å². The second-order valence-corrected chi connectivity index (χ2v) is 5.09. The maximum Gasteiger partial charge on any atom is 0.307 e. The fraction of sp³-hybridized carbons (Fsp3) is 0.750. The number of carboxylic acids is 1. The summed E-state index contributed by atoms with van der Waals surface area (Å²) in [6, 6.07) is -0.474. The molecule has 1 aliphatic carbocycles. The van der Waals surface area contributed by atoms with Crippen molar-refractivity contribution in [2.45, 2.75) is 31.7 Å². The fourth-order valence-electron chi connectivity index (χ4n) is 2.80. The normalized spacial score (nSPS) is 31.7. The van der Waals surface area contributed by atoms with Gasteiger partial charge in [-0.1, -0.05) is 6.42 Å². The lowest BCUT2D eigenvalue weighted by atomic mass is 9.95. The van der Waals surface area contributed by atoms with Gasteiger partial charge in [0.05, 0.1) is 11.8 Å². The molecule has 0 spiro atoms. The summed E-state index contributed by atoms with van der Waals surface area (Å²) < 4.78 is 0. The van der Waals surface area contributed by atoms with Gasteiger partial charge in [-0.25, -0.2) is 0 Å². The number of carbonyl (C=O) groups is 3. The summed E-state index contributed by atoms with van der Waals surface area (Å²) in [7, 11) is 1.70. The third kappa shape index (κ3) is 2.32. The van der Waals surface area contributed by atoms with Crippen LogP contribution in [0, 0.1) is 11.8 Å². The highest BCUT2D eigenvalue weighted by Gasteiger charge is 2.40. The Balaban J connectivity index is 1.96. The van der Waals surface area contributed by atoms with Crippen LogP contribution in [0.3, 0.4) is 0 Å². The van der Waals surface area contributed by atoms with E-state index in [1.165, 1.54) is 0 Å². The van der Waals surface area contributed by atoms with Gasteiger partial charge in [0.15, 0.2) is 0 Å². The summed E-state index contributed by atoms with van der Waals surface area (Å²) in [5, 5.41) is 11.7. The molecule has 1 heterocycles. The van der Waals surface area contributed by atoms with Gasteiger partial charge in [-0.3, -0.25) is 14.4 Å². The first-order valence-electron chi connectivity index (χ1n) is 6.29. The Hall–Kier alpha value is -1.59. The number of nitrogens with zero attached hydrogens (tertiary/aromatic N) is 1. The van der Waals surface area contributed by atoms with Gasteiger partial charge < -0.3 is 15.3 Å². The Morgan fingerprint density at radius 1 is 1.28 bits per heavy atom. The van der Waals surface area contributed by atoms with Crippen LogP contribution in [0.2, 0.25) is 0 Å². The van der Waals surface area contributed by atoms with Crippen LogP contribution in [0.1, 0.15) is 25.7 Å². The molecular weight excluding hydrogens is 236 g/mol. The second-order valence-electron chi connectivity index (χ2n) is 5.09. The van der Waals surface area contributed by atoms with E-state index in [4.69, 9.17) is 5.11 Å². The molecule has 3 atom stereocenters. The zero-order valence-electron chi connectivity index (χ0n) is 10.4. The molecule has 1 saturated carbocycles. The number of amides is 2. The molecule has 100 valence electrons. The van der Waals surface area contributed by atoms with E-state index in [0.29, 0.717) is 25.8 Å². The standard InChI is InChI=1S/C12H18N2O4/c1-14-6-5-9(11(14)16)13-10(15)7-3-2-4-8(7)12(17)18/h7-9H,2-6H2,1H3,(H,13,15)(H,17,18). The van der Waals surface area contributed by atoms with Crippen molar-refractivity contribution in [3.8, 4) is 0 Å². The molecule has 0 aromatic carbocycles. The largest absolute Gasteiger partial charge is 0.481 e. The lowest BCUT2D eigenvalue weighted by Crippen LogP contribution is -2.44. The monoisotopic (exact) mass is 254 g/mol. The van der Waals surface area contributed by atoms with Crippen molar-refractivity contribution in [1.82, 2.24) is 10.2 Å². The van der Waals surface area contributed by atoms with E-state index >= 15 is 0 Å². The van der Waals surface area contributed by atoms with E-state index in [9.17, 15) is 14.4 Å². The predicted octanol–water partition coefficient (Wildman–Crippen LogP) is -0.166. The van der Waals surface area contributed by atoms with Gasteiger partial charge >= 0.3 is 5.97 Å². The quantitative estimate of drug-likeness (QED) is 0.732. The number of carboxylic acid groups (broad SMARTS) is 1. The van der Waals surface area contributed by atoms with Crippen LogP contribution in [0.25, 0.3) is 0 Å². The van der Waals surface area contributed by atoms with Gasteiger partial charge in [-0.05, 0) is 19.3 Å². The minimum absolute atomic E-state index is 0.0896.